The van der Waals surface area contributed by atoms with Crippen molar-refractivity contribution in [3.05, 3.63) is 176 Å². The molecule has 3 heteroatoms. The van der Waals surface area contributed by atoms with Crippen LogP contribution in [-0.4, -0.2) is 15.0 Å². The lowest BCUT2D eigenvalue weighted by atomic mass is 9.84. The summed E-state index contributed by atoms with van der Waals surface area (Å²) in [5.41, 5.74) is 9.57. The molecular formula is C47H29N3. The summed E-state index contributed by atoms with van der Waals surface area (Å²) < 4.78 is 0. The number of aromatic nitrogens is 3. The van der Waals surface area contributed by atoms with Crippen molar-refractivity contribution in [2.75, 3.05) is 0 Å². The van der Waals surface area contributed by atoms with E-state index in [0.717, 1.165) is 50.1 Å². The number of nitrogens with zero attached hydrogens (tertiary/aromatic N) is 3. The maximum atomic E-state index is 5.31. The van der Waals surface area contributed by atoms with E-state index in [2.05, 4.69) is 157 Å². The predicted octanol–water partition coefficient (Wildman–Crippen LogP) is 12.3. The lowest BCUT2D eigenvalue weighted by molar-refractivity contribution is 1.29. The number of rotatable bonds is 4. The topological polar surface area (TPSA) is 38.7 Å². The maximum absolute atomic E-state index is 5.31. The van der Waals surface area contributed by atoms with E-state index in [1.807, 2.05) is 24.5 Å². The Morgan fingerprint density at radius 1 is 0.340 bits per heavy atom. The molecular weight excluding hydrogens is 607 g/mol. The summed E-state index contributed by atoms with van der Waals surface area (Å²) in [5.74, 6) is 0. The van der Waals surface area contributed by atoms with Crippen LogP contribution in [0.15, 0.2) is 176 Å². The zero-order valence-corrected chi connectivity index (χ0v) is 27.1. The molecule has 0 bridgehead atoms. The Bertz CT molecular complexity index is 2860. The Balaban J connectivity index is 1.35. The van der Waals surface area contributed by atoms with Crippen LogP contribution in [0.4, 0.5) is 0 Å². The predicted molar refractivity (Wildman–Crippen MR) is 209 cm³/mol. The summed E-state index contributed by atoms with van der Waals surface area (Å²) in [5, 5.41) is 10.7. The van der Waals surface area contributed by atoms with E-state index in [4.69, 9.17) is 9.97 Å². The van der Waals surface area contributed by atoms with Crippen molar-refractivity contribution in [1.82, 2.24) is 15.0 Å². The molecule has 50 heavy (non-hydrogen) atoms. The second kappa shape index (κ2) is 11.5. The van der Waals surface area contributed by atoms with Gasteiger partial charge in [0.1, 0.15) is 0 Å². The summed E-state index contributed by atoms with van der Waals surface area (Å²) in [6, 6.07) is 58.3. The first kappa shape index (κ1) is 28.3. The van der Waals surface area contributed by atoms with Crippen LogP contribution in [0.25, 0.3) is 98.9 Å². The van der Waals surface area contributed by atoms with Crippen molar-refractivity contribution in [1.29, 1.82) is 0 Å². The zero-order valence-electron chi connectivity index (χ0n) is 27.1. The Hall–Kier alpha value is -6.71. The first-order valence-electron chi connectivity index (χ1n) is 16.9. The van der Waals surface area contributed by atoms with Gasteiger partial charge in [-0.3, -0.25) is 4.98 Å². The summed E-state index contributed by atoms with van der Waals surface area (Å²) in [6.45, 7) is 0. The minimum atomic E-state index is 0.927. The highest BCUT2D eigenvalue weighted by Crippen LogP contribution is 2.48. The molecule has 0 fully saturated rings. The lowest BCUT2D eigenvalue weighted by Gasteiger charge is -2.20. The van der Waals surface area contributed by atoms with Crippen LogP contribution in [0.2, 0.25) is 0 Å². The minimum absolute atomic E-state index is 0.927. The molecule has 3 nitrogen and oxygen atoms in total. The van der Waals surface area contributed by atoms with Crippen LogP contribution in [0.1, 0.15) is 0 Å². The fraction of sp³-hybridized carbons (Fsp3) is 0. The summed E-state index contributed by atoms with van der Waals surface area (Å²) in [4.78, 5) is 14.8. The Kier molecular flexibility index (Phi) is 6.49. The average molecular weight is 636 g/mol. The summed E-state index contributed by atoms with van der Waals surface area (Å²) >= 11 is 0. The summed E-state index contributed by atoms with van der Waals surface area (Å²) in [6.07, 6.45) is 3.64. The van der Waals surface area contributed by atoms with Gasteiger partial charge in [-0.1, -0.05) is 127 Å². The van der Waals surface area contributed by atoms with Crippen molar-refractivity contribution >= 4 is 54.0 Å². The molecule has 10 rings (SSSR count). The molecule has 3 heterocycles. The molecule has 232 valence electrons. The second-order valence-corrected chi connectivity index (χ2v) is 12.7. The van der Waals surface area contributed by atoms with E-state index in [-0.39, 0.29) is 0 Å². The van der Waals surface area contributed by atoms with Crippen LogP contribution in [0.3, 0.4) is 0 Å². The molecule has 3 aromatic heterocycles. The maximum Gasteiger partial charge on any atom is 0.0788 e. The normalized spacial score (nSPS) is 11.6. The monoisotopic (exact) mass is 635 g/mol. The molecule has 0 saturated heterocycles. The average Bonchev–Trinajstić information content (AvgIpc) is 3.20. The summed E-state index contributed by atoms with van der Waals surface area (Å²) in [7, 11) is 0. The van der Waals surface area contributed by atoms with Crippen LogP contribution < -0.4 is 0 Å². The largest absolute Gasteiger partial charge is 0.265 e. The van der Waals surface area contributed by atoms with E-state index in [9.17, 15) is 0 Å². The first-order valence-corrected chi connectivity index (χ1v) is 16.9. The minimum Gasteiger partial charge on any atom is -0.265 e. The van der Waals surface area contributed by atoms with E-state index in [0.29, 0.717) is 0 Å². The molecule has 0 amide bonds. The Labute approximate surface area is 289 Å². The van der Waals surface area contributed by atoms with Crippen LogP contribution in [0.5, 0.6) is 0 Å². The second-order valence-electron chi connectivity index (χ2n) is 12.7. The van der Waals surface area contributed by atoms with Crippen molar-refractivity contribution in [2.45, 2.75) is 0 Å². The van der Waals surface area contributed by atoms with Gasteiger partial charge in [0.2, 0.25) is 0 Å². The van der Waals surface area contributed by atoms with Gasteiger partial charge in [-0.2, -0.15) is 0 Å². The van der Waals surface area contributed by atoms with Crippen molar-refractivity contribution in [3.63, 3.8) is 0 Å². The van der Waals surface area contributed by atoms with Crippen molar-refractivity contribution < 1.29 is 0 Å². The smallest absolute Gasteiger partial charge is 0.0788 e. The molecule has 0 radical (unpaired) electrons. The quantitative estimate of drug-likeness (QED) is 0.143. The highest BCUT2D eigenvalue weighted by molar-refractivity contribution is 6.29. The first-order chi connectivity index (χ1) is 24.8. The molecule has 0 unspecified atom stereocenters. The molecule has 0 aliphatic carbocycles. The fourth-order valence-corrected chi connectivity index (χ4v) is 7.79. The van der Waals surface area contributed by atoms with Gasteiger partial charge < -0.3 is 0 Å². The third-order valence-electron chi connectivity index (χ3n) is 9.93. The fourth-order valence-electron chi connectivity index (χ4n) is 7.79. The molecule has 0 aliphatic rings. The van der Waals surface area contributed by atoms with Crippen LogP contribution in [0, 0.1) is 0 Å². The standard InChI is InChI=1S/C47H29N3/c1-2-13-31(14-3-1)47-40-29-39(32-15-4-5-16-33(32)45(40)38-21-10-11-22-42(38)50-47)44-34-17-6-8-19-36(34)46(37-20-9-7-18-35(37)44)43-24-12-23-41(49-43)30-25-27-48-28-26-30/h1-29H. The number of hydrogen-bond acceptors (Lipinski definition) is 3. The van der Waals surface area contributed by atoms with Gasteiger partial charge >= 0.3 is 0 Å². The molecule has 0 saturated carbocycles. The van der Waals surface area contributed by atoms with E-state index in [1.54, 1.807) is 0 Å². The zero-order chi connectivity index (χ0) is 33.0. The van der Waals surface area contributed by atoms with E-state index < -0.39 is 0 Å². The van der Waals surface area contributed by atoms with Gasteiger partial charge in [-0.25, -0.2) is 9.97 Å². The van der Waals surface area contributed by atoms with Crippen LogP contribution >= 0.6 is 0 Å². The number of hydrogen-bond donors (Lipinski definition) is 0. The number of pyridine rings is 3. The molecule has 0 spiro atoms. The van der Waals surface area contributed by atoms with Crippen molar-refractivity contribution in [3.8, 4) is 44.9 Å². The molecule has 0 N–H and O–H groups in total. The molecule has 0 aliphatic heterocycles. The lowest BCUT2D eigenvalue weighted by Crippen LogP contribution is -1.96. The van der Waals surface area contributed by atoms with Gasteiger partial charge in [-0.05, 0) is 79.8 Å². The van der Waals surface area contributed by atoms with Gasteiger partial charge in [0.25, 0.3) is 0 Å². The van der Waals surface area contributed by atoms with Gasteiger partial charge in [-0.15, -0.1) is 0 Å². The molecule has 7 aromatic carbocycles. The molecule has 0 atom stereocenters. The molecule has 10 aromatic rings. The van der Waals surface area contributed by atoms with E-state index >= 15 is 0 Å². The van der Waals surface area contributed by atoms with Crippen LogP contribution in [-0.2, 0) is 0 Å². The third kappa shape index (κ3) is 4.41. The highest BCUT2D eigenvalue weighted by atomic mass is 14.7. The third-order valence-corrected chi connectivity index (χ3v) is 9.93. The Morgan fingerprint density at radius 2 is 0.900 bits per heavy atom. The SMILES string of the molecule is c1ccc(-c2nc3ccccc3c3c2cc(-c2c4ccccc4c(-c4cccc(-c5ccncc5)n4)c4ccccc24)c2ccccc23)cc1. The van der Waals surface area contributed by atoms with Gasteiger partial charge in [0.05, 0.1) is 22.6 Å². The number of benzene rings is 7. The van der Waals surface area contributed by atoms with E-state index in [1.165, 1.54) is 48.8 Å². The van der Waals surface area contributed by atoms with Crippen molar-refractivity contribution in [2.24, 2.45) is 0 Å². The number of fused-ring (bicyclic) bond motifs is 7. The Morgan fingerprint density at radius 3 is 1.60 bits per heavy atom. The van der Waals surface area contributed by atoms with Gasteiger partial charge in [0.15, 0.2) is 0 Å². The highest BCUT2D eigenvalue weighted by Gasteiger charge is 2.21. The van der Waals surface area contributed by atoms with Gasteiger partial charge in [0, 0.05) is 45.2 Å². The number of para-hydroxylation sites is 1.